The number of fused-ring (bicyclic) bond motifs is 3. The average molecular weight is 575 g/mol. The number of para-hydroxylation sites is 1. The fourth-order valence-electron chi connectivity index (χ4n) is 5.97. The molecule has 3 heterocycles. The van der Waals surface area contributed by atoms with Gasteiger partial charge < -0.3 is 14.3 Å². The molecule has 0 spiro atoms. The number of aromatic nitrogens is 1. The number of carboxylic acids is 1. The standard InChI is InChI=1S/C34H26N2O5S/c1-19-17-21(33(38)39)12-14-23(19)28-16-13-22(41-28)18-29-32(37)36-31(25-9-5-6-10-27(25)40-2)26-15-11-20-7-3-4-8-24(20)30(26)35-34(36)42-29/h3-10,12-14,16-18,31H,11,15H2,1-2H3,(H,38,39)/b29-18+/t31-/m0/s1. The van der Waals surface area contributed by atoms with Gasteiger partial charge in [0.2, 0.25) is 0 Å². The molecule has 42 heavy (non-hydrogen) atoms. The Labute approximate surface area is 245 Å². The SMILES string of the molecule is COc1ccccc1[C@H]1C2=C(N=c3s/c(=C/c4ccc(-c5ccc(C(=O)O)cc5C)o4)c(=O)n31)c1ccccc1CC2. The van der Waals surface area contributed by atoms with Gasteiger partial charge in [-0.15, -0.1) is 0 Å². The van der Waals surface area contributed by atoms with Gasteiger partial charge in [0.25, 0.3) is 5.56 Å². The van der Waals surface area contributed by atoms with E-state index in [1.54, 1.807) is 36.0 Å². The molecule has 7 rings (SSSR count). The van der Waals surface area contributed by atoms with Gasteiger partial charge in [-0.3, -0.25) is 9.36 Å². The van der Waals surface area contributed by atoms with Crippen molar-refractivity contribution in [3.8, 4) is 17.1 Å². The van der Waals surface area contributed by atoms with Gasteiger partial charge in [0.15, 0.2) is 4.80 Å². The topological polar surface area (TPSA) is 94.0 Å². The van der Waals surface area contributed by atoms with Crippen LogP contribution in [0.1, 0.15) is 50.8 Å². The minimum Gasteiger partial charge on any atom is -0.496 e. The maximum absolute atomic E-state index is 14.1. The largest absolute Gasteiger partial charge is 0.496 e. The van der Waals surface area contributed by atoms with Gasteiger partial charge >= 0.3 is 5.97 Å². The fourth-order valence-corrected chi connectivity index (χ4v) is 6.95. The normalized spacial score (nSPS) is 16.0. The predicted octanol–water partition coefficient (Wildman–Crippen LogP) is 5.59. The second-order valence-electron chi connectivity index (χ2n) is 10.4. The van der Waals surface area contributed by atoms with Crippen LogP contribution in [0, 0.1) is 6.92 Å². The lowest BCUT2D eigenvalue weighted by Crippen LogP contribution is -2.38. The van der Waals surface area contributed by atoms with Crippen LogP contribution in [0.5, 0.6) is 5.75 Å². The summed E-state index contributed by atoms with van der Waals surface area (Å²) in [4.78, 5) is 31.1. The number of allylic oxidation sites excluding steroid dienone is 1. The Bertz CT molecular complexity index is 2110. The number of methoxy groups -OCH3 is 1. The molecule has 1 aliphatic carbocycles. The highest BCUT2D eigenvalue weighted by Gasteiger charge is 2.34. The van der Waals surface area contributed by atoms with Crippen molar-refractivity contribution < 1.29 is 19.1 Å². The first-order chi connectivity index (χ1) is 20.4. The maximum Gasteiger partial charge on any atom is 0.335 e. The van der Waals surface area contributed by atoms with Crippen LogP contribution in [0.4, 0.5) is 0 Å². The molecule has 1 atom stereocenters. The molecule has 2 aromatic heterocycles. The zero-order chi connectivity index (χ0) is 29.0. The van der Waals surface area contributed by atoms with Crippen molar-refractivity contribution in [2.24, 2.45) is 4.99 Å². The molecule has 5 aromatic rings. The van der Waals surface area contributed by atoms with E-state index in [1.807, 2.05) is 49.4 Å². The number of nitrogens with zero attached hydrogens (tertiary/aromatic N) is 2. The molecule has 0 amide bonds. The minimum atomic E-state index is -0.975. The van der Waals surface area contributed by atoms with Crippen LogP contribution >= 0.6 is 11.3 Å². The number of furan rings is 1. The van der Waals surface area contributed by atoms with Crippen molar-refractivity contribution in [3.63, 3.8) is 0 Å². The monoisotopic (exact) mass is 574 g/mol. The number of thiazole rings is 1. The molecule has 0 fully saturated rings. The quantitative estimate of drug-likeness (QED) is 0.295. The fraction of sp³-hybridized carbons (Fsp3) is 0.147. The summed E-state index contributed by atoms with van der Waals surface area (Å²) in [5.74, 6) is 0.878. The van der Waals surface area contributed by atoms with E-state index in [2.05, 4.69) is 18.2 Å². The van der Waals surface area contributed by atoms with Gasteiger partial charge in [0.1, 0.15) is 17.3 Å². The van der Waals surface area contributed by atoms with Crippen LogP contribution in [0.3, 0.4) is 0 Å². The Morgan fingerprint density at radius 2 is 1.86 bits per heavy atom. The van der Waals surface area contributed by atoms with E-state index in [9.17, 15) is 14.7 Å². The van der Waals surface area contributed by atoms with Crippen LogP contribution in [0.15, 0.2) is 98.6 Å². The van der Waals surface area contributed by atoms with Crippen molar-refractivity contribution >= 4 is 29.1 Å². The zero-order valence-electron chi connectivity index (χ0n) is 23.0. The molecule has 2 aliphatic rings. The van der Waals surface area contributed by atoms with Crippen LogP contribution in [0.25, 0.3) is 23.1 Å². The Kier molecular flexibility index (Phi) is 6.28. The van der Waals surface area contributed by atoms with Crippen LogP contribution in [-0.2, 0) is 6.42 Å². The summed E-state index contributed by atoms with van der Waals surface area (Å²) in [6, 6.07) is 24.4. The lowest BCUT2D eigenvalue weighted by molar-refractivity contribution is 0.0696. The third kappa shape index (κ3) is 4.23. The summed E-state index contributed by atoms with van der Waals surface area (Å²) in [6.45, 7) is 1.85. The number of aryl methyl sites for hydroxylation is 2. The number of carboxylic acid groups (broad SMARTS) is 1. The smallest absolute Gasteiger partial charge is 0.335 e. The highest BCUT2D eigenvalue weighted by atomic mass is 32.1. The molecule has 0 saturated carbocycles. The number of hydrogen-bond donors (Lipinski definition) is 1. The summed E-state index contributed by atoms with van der Waals surface area (Å²) >= 11 is 1.34. The van der Waals surface area contributed by atoms with Crippen molar-refractivity contribution in [1.29, 1.82) is 0 Å². The second-order valence-corrected chi connectivity index (χ2v) is 11.4. The Balaban J connectivity index is 1.38. The number of aromatic carboxylic acids is 1. The van der Waals surface area contributed by atoms with E-state index in [1.165, 1.54) is 16.9 Å². The van der Waals surface area contributed by atoms with Crippen molar-refractivity contribution in [1.82, 2.24) is 4.57 Å². The molecule has 0 saturated heterocycles. The van der Waals surface area contributed by atoms with Gasteiger partial charge in [0, 0.05) is 22.8 Å². The number of hydrogen-bond acceptors (Lipinski definition) is 6. The van der Waals surface area contributed by atoms with E-state index < -0.39 is 5.97 Å². The lowest BCUT2D eigenvalue weighted by atomic mass is 9.83. The van der Waals surface area contributed by atoms with Gasteiger partial charge in [-0.05, 0) is 66.8 Å². The molecular weight excluding hydrogens is 548 g/mol. The first-order valence-corrected chi connectivity index (χ1v) is 14.4. The summed E-state index contributed by atoms with van der Waals surface area (Å²) < 4.78 is 14.2. The molecule has 3 aromatic carbocycles. The van der Waals surface area contributed by atoms with Gasteiger partial charge in [-0.25, -0.2) is 9.79 Å². The van der Waals surface area contributed by atoms with Crippen molar-refractivity contribution in [2.45, 2.75) is 25.8 Å². The minimum absolute atomic E-state index is 0.139. The van der Waals surface area contributed by atoms with E-state index in [0.717, 1.165) is 52.1 Å². The van der Waals surface area contributed by atoms with E-state index in [4.69, 9.17) is 14.1 Å². The molecule has 0 bridgehead atoms. The third-order valence-corrected chi connectivity index (χ3v) is 8.93. The van der Waals surface area contributed by atoms with Crippen LogP contribution < -0.4 is 19.6 Å². The molecule has 1 N–H and O–H groups in total. The van der Waals surface area contributed by atoms with Crippen molar-refractivity contribution in [2.75, 3.05) is 7.11 Å². The second kappa shape index (κ2) is 10.2. The van der Waals surface area contributed by atoms with Crippen LogP contribution in [0.2, 0.25) is 0 Å². The zero-order valence-corrected chi connectivity index (χ0v) is 23.8. The number of benzene rings is 3. The maximum atomic E-state index is 14.1. The third-order valence-electron chi connectivity index (χ3n) is 7.95. The Hall–Kier alpha value is -4.95. The van der Waals surface area contributed by atoms with E-state index in [-0.39, 0.29) is 17.2 Å². The highest BCUT2D eigenvalue weighted by Crippen LogP contribution is 2.43. The first-order valence-electron chi connectivity index (χ1n) is 13.6. The van der Waals surface area contributed by atoms with E-state index >= 15 is 0 Å². The molecule has 0 unspecified atom stereocenters. The summed E-state index contributed by atoms with van der Waals surface area (Å²) in [7, 11) is 1.65. The molecular formula is C34H26N2O5S. The molecule has 8 heteroatoms. The molecule has 1 aliphatic heterocycles. The summed E-state index contributed by atoms with van der Waals surface area (Å²) in [5.41, 5.74) is 7.00. The number of ether oxygens (including phenoxy) is 1. The average Bonchev–Trinajstić information content (AvgIpc) is 3.59. The summed E-state index contributed by atoms with van der Waals surface area (Å²) in [6.07, 6.45) is 3.43. The van der Waals surface area contributed by atoms with Gasteiger partial charge in [-0.2, -0.15) is 0 Å². The van der Waals surface area contributed by atoms with Gasteiger partial charge in [0.05, 0.1) is 28.9 Å². The lowest BCUT2D eigenvalue weighted by Gasteiger charge is -2.31. The highest BCUT2D eigenvalue weighted by molar-refractivity contribution is 7.07. The Morgan fingerprint density at radius 1 is 1.05 bits per heavy atom. The molecule has 0 radical (unpaired) electrons. The van der Waals surface area contributed by atoms with Crippen molar-refractivity contribution in [3.05, 3.63) is 138 Å². The Morgan fingerprint density at radius 3 is 2.67 bits per heavy atom. The van der Waals surface area contributed by atoms with E-state index in [0.29, 0.717) is 20.9 Å². The summed E-state index contributed by atoms with van der Waals surface area (Å²) in [5, 5.41) is 9.29. The van der Waals surface area contributed by atoms with Crippen LogP contribution in [-0.4, -0.2) is 22.8 Å². The van der Waals surface area contributed by atoms with Gasteiger partial charge in [-0.1, -0.05) is 59.9 Å². The molecule has 208 valence electrons. The molecule has 7 nitrogen and oxygen atoms in total. The number of carbonyl (C=O) groups is 1. The first kappa shape index (κ1) is 26.0. The predicted molar refractivity (Wildman–Crippen MR) is 162 cm³/mol. The number of rotatable bonds is 5.